The van der Waals surface area contributed by atoms with Crippen molar-refractivity contribution in [3.05, 3.63) is 48.6 Å². The molecule has 0 aliphatic rings. The van der Waals surface area contributed by atoms with Crippen LogP contribution in [0.1, 0.15) is 5.56 Å². The Kier molecular flexibility index (Phi) is 2.18. The van der Waals surface area contributed by atoms with Crippen LogP contribution in [0.15, 0.2) is 47.6 Å². The molecule has 3 aromatic heterocycles. The molecule has 0 aliphatic carbocycles. The number of fused-ring (bicyclic) bond motifs is 3. The molecule has 0 saturated heterocycles. The second-order valence-electron chi connectivity index (χ2n) is 4.87. The molecule has 20 heavy (non-hydrogen) atoms. The summed E-state index contributed by atoms with van der Waals surface area (Å²) in [6, 6.07) is 7.98. The van der Waals surface area contributed by atoms with Crippen LogP contribution in [-0.2, 0) is 7.05 Å². The lowest BCUT2D eigenvalue weighted by Gasteiger charge is -2.07. The highest BCUT2D eigenvalue weighted by atomic mass is 16.5. The molecular formula is C15H13N4O+. The predicted octanol–water partition coefficient (Wildman–Crippen LogP) is 2.28. The number of rotatable bonds is 1. The van der Waals surface area contributed by atoms with Crippen LogP contribution in [0.25, 0.3) is 27.9 Å². The van der Waals surface area contributed by atoms with E-state index in [0.29, 0.717) is 0 Å². The van der Waals surface area contributed by atoms with Crippen LogP contribution in [0.3, 0.4) is 0 Å². The first-order valence-corrected chi connectivity index (χ1v) is 6.41. The second-order valence-corrected chi connectivity index (χ2v) is 4.87. The van der Waals surface area contributed by atoms with Crippen molar-refractivity contribution in [2.45, 2.75) is 6.92 Å². The van der Waals surface area contributed by atoms with Crippen molar-refractivity contribution >= 4 is 16.7 Å². The molecule has 0 radical (unpaired) electrons. The van der Waals surface area contributed by atoms with Gasteiger partial charge in [0.1, 0.15) is 23.7 Å². The quantitative estimate of drug-likeness (QED) is 0.496. The van der Waals surface area contributed by atoms with Crippen molar-refractivity contribution in [2.24, 2.45) is 7.05 Å². The SMILES string of the molecule is Cc1ccc2nc3ccon3c2c1-c1ccnc[n+]1C. The molecule has 98 valence electrons. The fourth-order valence-corrected chi connectivity index (χ4v) is 2.64. The van der Waals surface area contributed by atoms with E-state index in [4.69, 9.17) is 4.52 Å². The van der Waals surface area contributed by atoms with Crippen LogP contribution in [0.2, 0.25) is 0 Å². The van der Waals surface area contributed by atoms with Crippen LogP contribution in [0, 0.1) is 6.92 Å². The zero-order valence-corrected chi connectivity index (χ0v) is 11.2. The van der Waals surface area contributed by atoms with Gasteiger partial charge in [-0.3, -0.25) is 0 Å². The largest absolute Gasteiger partial charge is 0.381 e. The molecule has 4 rings (SSSR count). The molecule has 0 saturated carbocycles. The molecule has 0 spiro atoms. The summed E-state index contributed by atoms with van der Waals surface area (Å²) < 4.78 is 9.34. The number of aromatic nitrogens is 4. The molecular weight excluding hydrogens is 252 g/mol. The third kappa shape index (κ3) is 1.40. The molecule has 0 amide bonds. The van der Waals surface area contributed by atoms with Gasteiger partial charge < -0.3 is 4.52 Å². The molecule has 0 aliphatic heterocycles. The van der Waals surface area contributed by atoms with Gasteiger partial charge in [-0.05, 0) is 18.6 Å². The third-order valence-corrected chi connectivity index (χ3v) is 3.59. The predicted molar refractivity (Wildman–Crippen MR) is 74.1 cm³/mol. The van der Waals surface area contributed by atoms with Gasteiger partial charge in [0.05, 0.1) is 18.1 Å². The van der Waals surface area contributed by atoms with Gasteiger partial charge in [0.25, 0.3) is 6.33 Å². The molecule has 0 unspecified atom stereocenters. The molecule has 0 bridgehead atoms. The molecule has 5 nitrogen and oxygen atoms in total. The van der Waals surface area contributed by atoms with Gasteiger partial charge in [0.15, 0.2) is 5.65 Å². The lowest BCUT2D eigenvalue weighted by Crippen LogP contribution is -2.31. The van der Waals surface area contributed by atoms with Gasteiger partial charge in [-0.25, -0.2) is 9.55 Å². The Labute approximate surface area is 115 Å². The minimum Gasteiger partial charge on any atom is -0.381 e. The van der Waals surface area contributed by atoms with Crippen molar-refractivity contribution in [2.75, 3.05) is 0 Å². The van der Waals surface area contributed by atoms with Crippen LogP contribution >= 0.6 is 0 Å². The van der Waals surface area contributed by atoms with Crippen molar-refractivity contribution in [3.8, 4) is 11.3 Å². The highest BCUT2D eigenvalue weighted by Crippen LogP contribution is 2.30. The van der Waals surface area contributed by atoms with Gasteiger partial charge in [-0.15, -0.1) is 0 Å². The van der Waals surface area contributed by atoms with E-state index in [1.54, 1.807) is 23.4 Å². The number of imidazole rings is 1. The van der Waals surface area contributed by atoms with Gasteiger partial charge >= 0.3 is 0 Å². The highest BCUT2D eigenvalue weighted by molar-refractivity contribution is 5.94. The van der Waals surface area contributed by atoms with Crippen LogP contribution in [0.4, 0.5) is 0 Å². The fraction of sp³-hybridized carbons (Fsp3) is 0.133. The monoisotopic (exact) mass is 265 g/mol. The van der Waals surface area contributed by atoms with Crippen molar-refractivity contribution in [3.63, 3.8) is 0 Å². The minimum absolute atomic E-state index is 0.823. The summed E-state index contributed by atoms with van der Waals surface area (Å²) in [6.07, 6.45) is 5.25. The van der Waals surface area contributed by atoms with E-state index >= 15 is 0 Å². The Bertz CT molecular complexity index is 936. The zero-order chi connectivity index (χ0) is 13.7. The average molecular weight is 265 g/mol. The average Bonchev–Trinajstić information content (AvgIpc) is 3.01. The zero-order valence-electron chi connectivity index (χ0n) is 11.2. The third-order valence-electron chi connectivity index (χ3n) is 3.59. The molecule has 0 atom stereocenters. The first kappa shape index (κ1) is 11.2. The van der Waals surface area contributed by atoms with Crippen molar-refractivity contribution in [1.82, 2.24) is 14.5 Å². The minimum atomic E-state index is 0.823. The summed E-state index contributed by atoms with van der Waals surface area (Å²) in [6.45, 7) is 2.09. The summed E-state index contributed by atoms with van der Waals surface area (Å²) in [7, 11) is 1.99. The molecule has 0 fully saturated rings. The van der Waals surface area contributed by atoms with E-state index in [2.05, 4.69) is 23.0 Å². The highest BCUT2D eigenvalue weighted by Gasteiger charge is 2.18. The summed E-state index contributed by atoms with van der Waals surface area (Å²) >= 11 is 0. The number of nitrogens with zero attached hydrogens (tertiary/aromatic N) is 4. The maximum Gasteiger partial charge on any atom is 0.286 e. The fourth-order valence-electron chi connectivity index (χ4n) is 2.64. The van der Waals surface area contributed by atoms with Gasteiger partial charge in [0.2, 0.25) is 0 Å². The number of benzene rings is 1. The van der Waals surface area contributed by atoms with Gasteiger partial charge in [0, 0.05) is 12.1 Å². The van der Waals surface area contributed by atoms with E-state index < -0.39 is 0 Å². The van der Waals surface area contributed by atoms with Crippen LogP contribution in [-0.4, -0.2) is 14.5 Å². The maximum atomic E-state index is 5.56. The summed E-state index contributed by atoms with van der Waals surface area (Å²) in [5, 5.41) is 0. The first-order valence-electron chi connectivity index (χ1n) is 6.41. The molecule has 5 heteroatoms. The standard InChI is InChI=1S/C15H13N4O/c1-10-3-4-11-15(19-13(17-11)6-8-20-19)14(10)12-5-7-16-9-18(12)2/h3-9H,1-2H3/q+1. The Morgan fingerprint density at radius 3 is 2.95 bits per heavy atom. The molecule has 4 aromatic rings. The molecule has 3 heterocycles. The number of hydrogen-bond acceptors (Lipinski definition) is 3. The normalized spacial score (nSPS) is 11.5. The first-order chi connectivity index (χ1) is 9.75. The molecule has 0 N–H and O–H groups in total. The van der Waals surface area contributed by atoms with Gasteiger partial charge in [-0.1, -0.05) is 11.1 Å². The Hall–Kier alpha value is -2.69. The summed E-state index contributed by atoms with van der Waals surface area (Å²) in [5.41, 5.74) is 6.13. The lowest BCUT2D eigenvalue weighted by molar-refractivity contribution is -0.663. The smallest absolute Gasteiger partial charge is 0.286 e. The Morgan fingerprint density at radius 2 is 2.10 bits per heavy atom. The van der Waals surface area contributed by atoms with E-state index in [1.807, 2.05) is 29.8 Å². The topological polar surface area (TPSA) is 47.2 Å². The summed E-state index contributed by atoms with van der Waals surface area (Å²) in [4.78, 5) is 8.71. The Morgan fingerprint density at radius 1 is 1.20 bits per heavy atom. The number of hydrogen-bond donors (Lipinski definition) is 0. The van der Waals surface area contributed by atoms with E-state index in [0.717, 1.165) is 27.9 Å². The molecule has 1 aromatic carbocycles. The van der Waals surface area contributed by atoms with Crippen LogP contribution < -0.4 is 4.57 Å². The van der Waals surface area contributed by atoms with Gasteiger partial charge in [-0.2, -0.15) is 4.57 Å². The second kappa shape index (κ2) is 3.90. The van der Waals surface area contributed by atoms with Crippen LogP contribution in [0.5, 0.6) is 0 Å². The van der Waals surface area contributed by atoms with E-state index in [9.17, 15) is 0 Å². The van der Waals surface area contributed by atoms with E-state index in [1.165, 1.54) is 5.56 Å². The van der Waals surface area contributed by atoms with E-state index in [-0.39, 0.29) is 0 Å². The van der Waals surface area contributed by atoms with Crippen molar-refractivity contribution < 1.29 is 9.09 Å². The maximum absolute atomic E-state index is 5.56. The summed E-state index contributed by atoms with van der Waals surface area (Å²) in [5.74, 6) is 0. The Balaban J connectivity index is 2.22. The lowest BCUT2D eigenvalue weighted by atomic mass is 10.0. The number of aryl methyl sites for hydroxylation is 2. The van der Waals surface area contributed by atoms with Crippen molar-refractivity contribution in [1.29, 1.82) is 0 Å².